The Balaban J connectivity index is 1.48. The minimum Gasteiger partial charge on any atom is -0.375 e. The third kappa shape index (κ3) is 4.39. The molecule has 1 amide bonds. The predicted molar refractivity (Wildman–Crippen MR) is 118 cm³/mol. The van der Waals surface area contributed by atoms with Crippen LogP contribution in [-0.4, -0.2) is 51.8 Å². The third-order valence-electron chi connectivity index (χ3n) is 4.95. The molecule has 1 aliphatic heterocycles. The van der Waals surface area contributed by atoms with Gasteiger partial charge in [0.25, 0.3) is 5.56 Å². The molecule has 3 aromatic rings. The number of hydrogen-bond donors (Lipinski definition) is 1. The van der Waals surface area contributed by atoms with Crippen molar-refractivity contribution in [3.05, 3.63) is 51.9 Å². The van der Waals surface area contributed by atoms with E-state index in [4.69, 9.17) is 4.74 Å². The molecule has 0 spiro atoms. The van der Waals surface area contributed by atoms with E-state index in [1.54, 1.807) is 0 Å². The maximum atomic E-state index is 12.7. The highest BCUT2D eigenvalue weighted by Crippen LogP contribution is 2.31. The number of morpholine rings is 1. The second kappa shape index (κ2) is 8.69. The molecular weight excluding hydrogens is 406 g/mol. The van der Waals surface area contributed by atoms with Crippen LogP contribution < -0.4 is 5.56 Å². The Labute approximate surface area is 177 Å². The molecule has 152 valence electrons. The molecule has 1 N–H and O–H groups in total. The van der Waals surface area contributed by atoms with Crippen LogP contribution >= 0.6 is 23.1 Å². The number of carbonyl (C=O) groups is 1. The highest BCUT2D eigenvalue weighted by molar-refractivity contribution is 7.99. The Hall–Kier alpha value is -2.16. The average molecular weight is 430 g/mol. The fraction of sp³-hybridized carbons (Fsp3) is 0.381. The van der Waals surface area contributed by atoms with Gasteiger partial charge in [0.15, 0.2) is 0 Å². The van der Waals surface area contributed by atoms with Gasteiger partial charge in [-0.1, -0.05) is 30.3 Å². The Morgan fingerprint density at radius 3 is 2.97 bits per heavy atom. The SMILES string of the molecule is C[C@H]1CN(C(=O)[C@@H](C)SCc2nc3scc(-c4ccccc4)c3c(=O)[nH]2)CCO1. The molecule has 0 bridgehead atoms. The minimum atomic E-state index is -0.204. The summed E-state index contributed by atoms with van der Waals surface area (Å²) in [5.41, 5.74) is 1.78. The number of benzene rings is 1. The molecular formula is C21H23N3O3S2. The number of fused-ring (bicyclic) bond motifs is 1. The lowest BCUT2D eigenvalue weighted by molar-refractivity contribution is -0.137. The average Bonchev–Trinajstić information content (AvgIpc) is 3.17. The van der Waals surface area contributed by atoms with E-state index in [0.717, 1.165) is 16.0 Å². The molecule has 29 heavy (non-hydrogen) atoms. The standard InChI is InChI=1S/C21H23N3O3S2/c1-13-10-24(8-9-27-13)21(26)14(2)28-12-17-22-19(25)18-16(11-29-20(18)23-17)15-6-4-3-5-7-15/h3-7,11,13-14H,8-10,12H2,1-2H3,(H,22,23,25)/t13-,14+/m0/s1. The van der Waals surface area contributed by atoms with Gasteiger partial charge in [0.1, 0.15) is 10.7 Å². The summed E-state index contributed by atoms with van der Waals surface area (Å²) in [6.07, 6.45) is 0.0722. The quantitative estimate of drug-likeness (QED) is 0.672. The van der Waals surface area contributed by atoms with Gasteiger partial charge >= 0.3 is 0 Å². The molecule has 8 heteroatoms. The van der Waals surface area contributed by atoms with Crippen LogP contribution in [0.25, 0.3) is 21.3 Å². The third-order valence-corrected chi connectivity index (χ3v) is 6.96. The van der Waals surface area contributed by atoms with Crippen molar-refractivity contribution in [2.24, 2.45) is 0 Å². The van der Waals surface area contributed by atoms with Crippen molar-refractivity contribution < 1.29 is 9.53 Å². The molecule has 1 aromatic carbocycles. The highest BCUT2D eigenvalue weighted by atomic mass is 32.2. The summed E-state index contributed by atoms with van der Waals surface area (Å²) >= 11 is 2.96. The molecule has 4 rings (SSSR count). The fourth-order valence-corrected chi connectivity index (χ4v) is 5.25. The van der Waals surface area contributed by atoms with Crippen LogP contribution in [0, 0.1) is 0 Å². The highest BCUT2D eigenvalue weighted by Gasteiger charge is 2.25. The van der Waals surface area contributed by atoms with Crippen LogP contribution in [0.4, 0.5) is 0 Å². The predicted octanol–water partition coefficient (Wildman–Crippen LogP) is 3.52. The van der Waals surface area contributed by atoms with E-state index in [-0.39, 0.29) is 22.8 Å². The van der Waals surface area contributed by atoms with Crippen molar-refractivity contribution in [2.45, 2.75) is 31.0 Å². The Morgan fingerprint density at radius 1 is 1.41 bits per heavy atom. The molecule has 0 saturated carbocycles. The van der Waals surface area contributed by atoms with Gasteiger partial charge in [-0.25, -0.2) is 4.98 Å². The number of thiophene rings is 1. The molecule has 1 aliphatic rings. The number of aromatic amines is 1. The second-order valence-electron chi connectivity index (χ2n) is 7.13. The first-order valence-electron chi connectivity index (χ1n) is 9.60. The molecule has 0 aliphatic carbocycles. The monoisotopic (exact) mass is 429 g/mol. The summed E-state index contributed by atoms with van der Waals surface area (Å²) in [7, 11) is 0. The summed E-state index contributed by atoms with van der Waals surface area (Å²) in [4.78, 5) is 35.5. The van der Waals surface area contributed by atoms with Crippen LogP contribution in [0.1, 0.15) is 19.7 Å². The van der Waals surface area contributed by atoms with E-state index >= 15 is 0 Å². The number of thioether (sulfide) groups is 1. The Morgan fingerprint density at radius 2 is 2.21 bits per heavy atom. The number of nitrogens with one attached hydrogen (secondary N) is 1. The lowest BCUT2D eigenvalue weighted by atomic mass is 10.1. The number of aromatic nitrogens is 2. The summed E-state index contributed by atoms with van der Waals surface area (Å²) in [6.45, 7) is 5.72. The minimum absolute atomic E-state index is 0.0722. The summed E-state index contributed by atoms with van der Waals surface area (Å²) in [5, 5.41) is 2.40. The molecule has 6 nitrogen and oxygen atoms in total. The van der Waals surface area contributed by atoms with Crippen molar-refractivity contribution in [3.8, 4) is 11.1 Å². The molecule has 2 aromatic heterocycles. The summed E-state index contributed by atoms with van der Waals surface area (Å²) in [5.74, 6) is 1.19. The molecule has 2 atom stereocenters. The largest absolute Gasteiger partial charge is 0.375 e. The Kier molecular flexibility index (Phi) is 6.03. The zero-order chi connectivity index (χ0) is 20.4. The number of nitrogens with zero attached hydrogens (tertiary/aromatic N) is 2. The molecule has 0 radical (unpaired) electrons. The van der Waals surface area contributed by atoms with Gasteiger partial charge in [0, 0.05) is 24.0 Å². The maximum absolute atomic E-state index is 12.7. The van der Waals surface area contributed by atoms with Gasteiger partial charge in [0.2, 0.25) is 5.91 Å². The van der Waals surface area contributed by atoms with Gasteiger partial charge in [-0.3, -0.25) is 9.59 Å². The van der Waals surface area contributed by atoms with Crippen molar-refractivity contribution in [1.82, 2.24) is 14.9 Å². The first-order valence-corrected chi connectivity index (χ1v) is 11.5. The number of H-pyrrole nitrogens is 1. The normalized spacial score (nSPS) is 18.1. The van der Waals surface area contributed by atoms with Gasteiger partial charge in [-0.05, 0) is 19.4 Å². The van der Waals surface area contributed by atoms with Crippen molar-refractivity contribution in [3.63, 3.8) is 0 Å². The number of rotatable bonds is 5. The molecule has 0 unspecified atom stereocenters. The van der Waals surface area contributed by atoms with Crippen LogP contribution in [-0.2, 0) is 15.3 Å². The van der Waals surface area contributed by atoms with Gasteiger partial charge in [0.05, 0.1) is 29.1 Å². The zero-order valence-electron chi connectivity index (χ0n) is 16.4. The fourth-order valence-electron chi connectivity index (χ4n) is 3.44. The van der Waals surface area contributed by atoms with Crippen molar-refractivity contribution >= 4 is 39.2 Å². The first-order chi connectivity index (χ1) is 14.0. The second-order valence-corrected chi connectivity index (χ2v) is 9.31. The summed E-state index contributed by atoms with van der Waals surface area (Å²) in [6, 6.07) is 9.85. The molecule has 3 heterocycles. The van der Waals surface area contributed by atoms with E-state index in [1.807, 2.05) is 54.5 Å². The van der Waals surface area contributed by atoms with Crippen LogP contribution in [0.3, 0.4) is 0 Å². The van der Waals surface area contributed by atoms with Gasteiger partial charge in [-0.2, -0.15) is 0 Å². The smallest absolute Gasteiger partial charge is 0.260 e. The van der Waals surface area contributed by atoms with E-state index in [9.17, 15) is 9.59 Å². The lowest BCUT2D eigenvalue weighted by Gasteiger charge is -2.32. The molecule has 1 fully saturated rings. The van der Waals surface area contributed by atoms with E-state index < -0.39 is 0 Å². The topological polar surface area (TPSA) is 75.3 Å². The van der Waals surface area contributed by atoms with Gasteiger partial charge in [-0.15, -0.1) is 23.1 Å². The van der Waals surface area contributed by atoms with Crippen LogP contribution in [0.15, 0.2) is 40.5 Å². The van der Waals surface area contributed by atoms with E-state index in [1.165, 1.54) is 23.1 Å². The van der Waals surface area contributed by atoms with E-state index in [2.05, 4.69) is 9.97 Å². The summed E-state index contributed by atoms with van der Waals surface area (Å²) < 4.78 is 5.51. The van der Waals surface area contributed by atoms with Crippen molar-refractivity contribution in [2.75, 3.05) is 19.7 Å². The van der Waals surface area contributed by atoms with Crippen LogP contribution in [0.5, 0.6) is 0 Å². The molecule has 1 saturated heterocycles. The van der Waals surface area contributed by atoms with Crippen molar-refractivity contribution in [1.29, 1.82) is 0 Å². The number of amides is 1. The number of ether oxygens (including phenoxy) is 1. The maximum Gasteiger partial charge on any atom is 0.260 e. The first kappa shape index (κ1) is 20.1. The zero-order valence-corrected chi connectivity index (χ0v) is 18.0. The number of carbonyl (C=O) groups excluding carboxylic acids is 1. The Bertz CT molecular complexity index is 1060. The lowest BCUT2D eigenvalue weighted by Crippen LogP contribution is -2.47. The van der Waals surface area contributed by atoms with E-state index in [0.29, 0.717) is 36.7 Å². The van der Waals surface area contributed by atoms with Gasteiger partial charge < -0.3 is 14.6 Å². The number of hydrogen-bond acceptors (Lipinski definition) is 6. The van der Waals surface area contributed by atoms with Crippen LogP contribution in [0.2, 0.25) is 0 Å².